The van der Waals surface area contributed by atoms with E-state index in [0.29, 0.717) is 6.73 Å². The lowest BCUT2D eigenvalue weighted by Gasteiger charge is -1.90. The van der Waals surface area contributed by atoms with E-state index < -0.39 is 0 Å². The van der Waals surface area contributed by atoms with E-state index in [1.54, 1.807) is 12.4 Å². The molecule has 1 aliphatic heterocycles. The summed E-state index contributed by atoms with van der Waals surface area (Å²) in [6.45, 7) is 0.570. The van der Waals surface area contributed by atoms with Gasteiger partial charge in [-0.2, -0.15) is 0 Å². The molecular weight excluding hydrogens is 116 g/mol. The number of hydrogen-bond donors (Lipinski definition) is 1. The van der Waals surface area contributed by atoms with E-state index in [2.05, 4.69) is 10.3 Å². The Hall–Kier alpha value is -1.25. The van der Waals surface area contributed by atoms with E-state index in [1.165, 1.54) is 0 Å². The van der Waals surface area contributed by atoms with Crippen molar-refractivity contribution in [1.82, 2.24) is 4.98 Å². The van der Waals surface area contributed by atoms with Crippen LogP contribution in [0.5, 0.6) is 5.75 Å². The normalized spacial score (nSPS) is 13.8. The lowest BCUT2D eigenvalue weighted by Crippen LogP contribution is -1.96. The zero-order valence-corrected chi connectivity index (χ0v) is 4.79. The summed E-state index contributed by atoms with van der Waals surface area (Å²) in [6.07, 6.45) is 3.47. The summed E-state index contributed by atoms with van der Waals surface area (Å²) in [5.41, 5.74) is 0.984. The molecule has 0 fully saturated rings. The van der Waals surface area contributed by atoms with Crippen molar-refractivity contribution in [2.75, 3.05) is 12.0 Å². The van der Waals surface area contributed by atoms with Gasteiger partial charge in [0.1, 0.15) is 5.75 Å². The van der Waals surface area contributed by atoms with Crippen LogP contribution >= 0.6 is 0 Å². The number of aromatic nitrogens is 1. The molecule has 1 N–H and O–H groups in total. The number of pyridine rings is 1. The molecule has 46 valence electrons. The maximum absolute atomic E-state index is 5.15. The van der Waals surface area contributed by atoms with Crippen LogP contribution < -0.4 is 10.1 Å². The molecule has 3 nitrogen and oxygen atoms in total. The van der Waals surface area contributed by atoms with Gasteiger partial charge in [-0.25, -0.2) is 0 Å². The van der Waals surface area contributed by atoms with E-state index in [4.69, 9.17) is 4.74 Å². The van der Waals surface area contributed by atoms with E-state index in [9.17, 15) is 0 Å². The molecule has 0 aliphatic carbocycles. The third kappa shape index (κ3) is 0.614. The van der Waals surface area contributed by atoms with E-state index in [-0.39, 0.29) is 0 Å². The highest BCUT2D eigenvalue weighted by Crippen LogP contribution is 2.26. The van der Waals surface area contributed by atoms with Crippen LogP contribution in [0.25, 0.3) is 0 Å². The van der Waals surface area contributed by atoms with Crippen LogP contribution in [0.4, 0.5) is 5.69 Å². The molecule has 9 heavy (non-hydrogen) atoms. The summed E-state index contributed by atoms with van der Waals surface area (Å²) < 4.78 is 5.15. The number of nitrogens with one attached hydrogen (secondary N) is 1. The Morgan fingerprint density at radius 2 is 2.67 bits per heavy atom. The average molecular weight is 122 g/mol. The van der Waals surface area contributed by atoms with Crippen molar-refractivity contribution in [3.8, 4) is 5.75 Å². The average Bonchev–Trinajstić information content (AvgIpc) is 2.33. The molecule has 0 bridgehead atoms. The second-order valence-corrected chi connectivity index (χ2v) is 1.84. The molecule has 0 saturated carbocycles. The Morgan fingerprint density at radius 1 is 1.67 bits per heavy atom. The lowest BCUT2D eigenvalue weighted by atomic mass is 10.4. The zero-order chi connectivity index (χ0) is 6.10. The second-order valence-electron chi connectivity index (χ2n) is 1.84. The van der Waals surface area contributed by atoms with Crippen molar-refractivity contribution in [2.24, 2.45) is 0 Å². The molecule has 1 aliphatic rings. The number of anilines is 1. The summed E-state index contributed by atoms with van der Waals surface area (Å²) in [7, 11) is 0. The first-order valence-electron chi connectivity index (χ1n) is 2.77. The molecule has 0 saturated heterocycles. The SMILES string of the molecule is c1cc2c(cn1)NCO2. The topological polar surface area (TPSA) is 34.2 Å². The standard InChI is InChI=1S/C6H6N2O/c1-2-7-3-5-6(1)9-4-8-5/h1-3,8H,4H2. The third-order valence-corrected chi connectivity index (χ3v) is 1.27. The van der Waals surface area contributed by atoms with Gasteiger partial charge in [-0.05, 0) is 0 Å². The van der Waals surface area contributed by atoms with Gasteiger partial charge in [0.05, 0.1) is 11.9 Å². The monoisotopic (exact) mass is 122 g/mol. The van der Waals surface area contributed by atoms with Gasteiger partial charge in [0.15, 0.2) is 6.73 Å². The van der Waals surface area contributed by atoms with Crippen LogP contribution in [0.2, 0.25) is 0 Å². The molecule has 0 amide bonds. The number of nitrogens with zero attached hydrogens (tertiary/aromatic N) is 1. The van der Waals surface area contributed by atoms with Gasteiger partial charge in [-0.15, -0.1) is 0 Å². The summed E-state index contributed by atoms with van der Waals surface area (Å²) in [4.78, 5) is 3.91. The first-order chi connectivity index (χ1) is 4.47. The summed E-state index contributed by atoms with van der Waals surface area (Å²) in [6, 6.07) is 1.84. The molecule has 0 spiro atoms. The zero-order valence-electron chi connectivity index (χ0n) is 4.79. The Labute approximate surface area is 52.7 Å². The van der Waals surface area contributed by atoms with E-state index >= 15 is 0 Å². The van der Waals surface area contributed by atoms with Crippen molar-refractivity contribution >= 4 is 5.69 Å². The fourth-order valence-corrected chi connectivity index (χ4v) is 0.832. The quantitative estimate of drug-likeness (QED) is 0.553. The predicted octanol–water partition coefficient (Wildman–Crippen LogP) is 0.843. The highest BCUT2D eigenvalue weighted by atomic mass is 16.5. The van der Waals surface area contributed by atoms with E-state index in [1.807, 2.05) is 6.07 Å². The summed E-state index contributed by atoms with van der Waals surface area (Å²) in [5.74, 6) is 0.894. The van der Waals surface area contributed by atoms with Crippen molar-refractivity contribution in [2.45, 2.75) is 0 Å². The van der Waals surface area contributed by atoms with Gasteiger partial charge in [0.2, 0.25) is 0 Å². The highest BCUT2D eigenvalue weighted by Gasteiger charge is 2.07. The minimum atomic E-state index is 0.570. The van der Waals surface area contributed by atoms with Gasteiger partial charge in [-0.3, -0.25) is 4.98 Å². The van der Waals surface area contributed by atoms with Gasteiger partial charge < -0.3 is 10.1 Å². The maximum Gasteiger partial charge on any atom is 0.159 e. The van der Waals surface area contributed by atoms with Crippen molar-refractivity contribution in [3.63, 3.8) is 0 Å². The van der Waals surface area contributed by atoms with Crippen LogP contribution in [0.3, 0.4) is 0 Å². The molecule has 0 radical (unpaired) electrons. The van der Waals surface area contributed by atoms with E-state index in [0.717, 1.165) is 11.4 Å². The molecule has 1 aromatic rings. The molecule has 2 heterocycles. The Bertz CT molecular complexity index is 201. The Kier molecular flexibility index (Phi) is 0.828. The number of fused-ring (bicyclic) bond motifs is 1. The first kappa shape index (κ1) is 4.61. The second kappa shape index (κ2) is 1.62. The Morgan fingerprint density at radius 3 is 3.56 bits per heavy atom. The minimum Gasteiger partial charge on any atom is -0.471 e. The van der Waals surface area contributed by atoms with Gasteiger partial charge in [0.25, 0.3) is 0 Å². The van der Waals surface area contributed by atoms with Crippen LogP contribution in [0.15, 0.2) is 18.5 Å². The van der Waals surface area contributed by atoms with Crippen LogP contribution in [0, 0.1) is 0 Å². The fourth-order valence-electron chi connectivity index (χ4n) is 0.832. The molecular formula is C6H6N2O. The minimum absolute atomic E-state index is 0.570. The summed E-state index contributed by atoms with van der Waals surface area (Å²) in [5, 5.41) is 3.02. The smallest absolute Gasteiger partial charge is 0.159 e. The predicted molar refractivity (Wildman–Crippen MR) is 33.4 cm³/mol. The van der Waals surface area contributed by atoms with Crippen molar-refractivity contribution < 1.29 is 4.74 Å². The lowest BCUT2D eigenvalue weighted by molar-refractivity contribution is 0.372. The molecule has 0 unspecified atom stereocenters. The Balaban J connectivity index is 2.54. The van der Waals surface area contributed by atoms with Gasteiger partial charge >= 0.3 is 0 Å². The van der Waals surface area contributed by atoms with Crippen LogP contribution in [0.1, 0.15) is 0 Å². The van der Waals surface area contributed by atoms with Gasteiger partial charge in [0, 0.05) is 12.3 Å². The molecule has 0 atom stereocenters. The number of hydrogen-bond acceptors (Lipinski definition) is 3. The first-order valence-corrected chi connectivity index (χ1v) is 2.77. The third-order valence-electron chi connectivity index (χ3n) is 1.27. The van der Waals surface area contributed by atoms with Crippen molar-refractivity contribution in [3.05, 3.63) is 18.5 Å². The maximum atomic E-state index is 5.15. The number of ether oxygens (including phenoxy) is 1. The van der Waals surface area contributed by atoms with Crippen LogP contribution in [-0.4, -0.2) is 11.7 Å². The number of rotatable bonds is 0. The highest BCUT2D eigenvalue weighted by molar-refractivity contribution is 5.56. The fraction of sp³-hybridized carbons (Fsp3) is 0.167. The van der Waals surface area contributed by atoms with Crippen molar-refractivity contribution in [1.29, 1.82) is 0 Å². The molecule has 0 aromatic carbocycles. The van der Waals surface area contributed by atoms with Crippen LogP contribution in [-0.2, 0) is 0 Å². The molecule has 3 heteroatoms. The molecule has 2 rings (SSSR count). The summed E-state index contributed by atoms with van der Waals surface area (Å²) >= 11 is 0. The van der Waals surface area contributed by atoms with Gasteiger partial charge in [-0.1, -0.05) is 0 Å². The largest absolute Gasteiger partial charge is 0.471 e. The molecule has 1 aromatic heterocycles.